The minimum absolute atomic E-state index is 0.137. The molecule has 0 bridgehead atoms. The Morgan fingerprint density at radius 1 is 1.27 bits per heavy atom. The molecule has 7 heteroatoms. The number of anilines is 1. The highest BCUT2D eigenvalue weighted by molar-refractivity contribution is 5.94. The first-order valence-electron chi connectivity index (χ1n) is 7.59. The van der Waals surface area contributed by atoms with Crippen LogP contribution in [0.15, 0.2) is 12.1 Å². The van der Waals surface area contributed by atoms with Gasteiger partial charge in [0, 0.05) is 13.1 Å². The summed E-state index contributed by atoms with van der Waals surface area (Å²) in [6.45, 7) is 5.73. The molecular weight excluding hydrogens is 284 g/mol. The molecular formula is C15H22N4O3. The van der Waals surface area contributed by atoms with Gasteiger partial charge >= 0.3 is 5.97 Å². The number of hydrogen-bond acceptors (Lipinski definition) is 5. The lowest BCUT2D eigenvalue weighted by Gasteiger charge is -2.17. The van der Waals surface area contributed by atoms with E-state index in [0.717, 1.165) is 31.7 Å². The number of carboxylic acids is 1. The number of nitrogens with zero attached hydrogens (tertiary/aromatic N) is 3. The molecule has 2 N–H and O–H groups in total. The molecule has 0 aliphatic carbocycles. The van der Waals surface area contributed by atoms with Crippen molar-refractivity contribution < 1.29 is 14.7 Å². The van der Waals surface area contributed by atoms with Crippen molar-refractivity contribution in [3.8, 4) is 0 Å². The molecule has 0 saturated carbocycles. The van der Waals surface area contributed by atoms with Crippen molar-refractivity contribution in [2.45, 2.75) is 39.2 Å². The fourth-order valence-corrected chi connectivity index (χ4v) is 2.49. The molecule has 2 heterocycles. The molecule has 7 nitrogen and oxygen atoms in total. The first kappa shape index (κ1) is 16.2. The summed E-state index contributed by atoms with van der Waals surface area (Å²) in [6.07, 6.45) is 2.65. The molecule has 1 fully saturated rings. The molecule has 2 rings (SSSR count). The largest absolute Gasteiger partial charge is 0.480 e. The normalized spacial score (nSPS) is 15.9. The molecule has 22 heavy (non-hydrogen) atoms. The summed E-state index contributed by atoms with van der Waals surface area (Å²) in [5, 5.41) is 19.6. The molecule has 0 aromatic carbocycles. The van der Waals surface area contributed by atoms with Crippen LogP contribution in [0.2, 0.25) is 0 Å². The van der Waals surface area contributed by atoms with Crippen molar-refractivity contribution in [2.75, 3.05) is 18.0 Å². The zero-order valence-electron chi connectivity index (χ0n) is 13.0. The summed E-state index contributed by atoms with van der Waals surface area (Å²) in [6, 6.07) is 2.43. The van der Waals surface area contributed by atoms with E-state index >= 15 is 0 Å². The van der Waals surface area contributed by atoms with Gasteiger partial charge in [-0.1, -0.05) is 13.8 Å². The van der Waals surface area contributed by atoms with E-state index in [1.54, 1.807) is 12.1 Å². The maximum Gasteiger partial charge on any atom is 0.326 e. The van der Waals surface area contributed by atoms with E-state index in [1.165, 1.54) is 0 Å². The molecule has 1 aromatic heterocycles. The number of hydrogen-bond donors (Lipinski definition) is 2. The average Bonchev–Trinajstić information content (AvgIpc) is 3.00. The third-order valence-corrected chi connectivity index (χ3v) is 3.62. The summed E-state index contributed by atoms with van der Waals surface area (Å²) < 4.78 is 0. The van der Waals surface area contributed by atoms with Gasteiger partial charge in [0.05, 0.1) is 0 Å². The predicted molar refractivity (Wildman–Crippen MR) is 81.8 cm³/mol. The molecule has 1 unspecified atom stereocenters. The molecule has 1 aliphatic heterocycles. The van der Waals surface area contributed by atoms with E-state index in [9.17, 15) is 9.59 Å². The molecule has 0 spiro atoms. The first-order chi connectivity index (χ1) is 10.5. The molecule has 1 amide bonds. The Kier molecular flexibility index (Phi) is 5.30. The van der Waals surface area contributed by atoms with Gasteiger partial charge < -0.3 is 15.3 Å². The molecule has 1 atom stereocenters. The number of amides is 1. The molecule has 1 saturated heterocycles. The zero-order valence-corrected chi connectivity index (χ0v) is 13.0. The summed E-state index contributed by atoms with van der Waals surface area (Å²) in [4.78, 5) is 25.4. The van der Waals surface area contributed by atoms with Crippen LogP contribution < -0.4 is 10.2 Å². The third-order valence-electron chi connectivity index (χ3n) is 3.62. The van der Waals surface area contributed by atoms with Crippen molar-refractivity contribution in [3.05, 3.63) is 17.8 Å². The van der Waals surface area contributed by atoms with Gasteiger partial charge in [-0.2, -0.15) is 0 Å². The van der Waals surface area contributed by atoms with Crippen molar-refractivity contribution >= 4 is 17.7 Å². The van der Waals surface area contributed by atoms with Crippen LogP contribution in [0.3, 0.4) is 0 Å². The van der Waals surface area contributed by atoms with E-state index in [-0.39, 0.29) is 11.6 Å². The Morgan fingerprint density at radius 3 is 2.45 bits per heavy atom. The minimum atomic E-state index is -1.04. The SMILES string of the molecule is CC(C)CC(NC(=O)c1ccc(N2CCCC2)nn1)C(=O)O. The number of rotatable bonds is 6. The topological polar surface area (TPSA) is 95.4 Å². The number of nitrogens with one attached hydrogen (secondary N) is 1. The summed E-state index contributed by atoms with van der Waals surface area (Å²) >= 11 is 0. The van der Waals surface area contributed by atoms with E-state index in [2.05, 4.69) is 20.4 Å². The average molecular weight is 306 g/mol. The first-order valence-corrected chi connectivity index (χ1v) is 7.59. The van der Waals surface area contributed by atoms with Crippen LogP contribution in [0, 0.1) is 5.92 Å². The van der Waals surface area contributed by atoms with Crippen molar-refractivity contribution in [1.82, 2.24) is 15.5 Å². The lowest BCUT2D eigenvalue weighted by molar-refractivity contribution is -0.139. The smallest absolute Gasteiger partial charge is 0.326 e. The molecule has 120 valence electrons. The zero-order chi connectivity index (χ0) is 16.1. The van der Waals surface area contributed by atoms with Gasteiger partial charge in [-0.3, -0.25) is 4.79 Å². The Bertz CT molecular complexity index is 524. The van der Waals surface area contributed by atoms with Gasteiger partial charge in [-0.25, -0.2) is 4.79 Å². The van der Waals surface area contributed by atoms with Crippen LogP contribution in [0.4, 0.5) is 5.82 Å². The predicted octanol–water partition coefficient (Wildman–Crippen LogP) is 1.31. The second-order valence-electron chi connectivity index (χ2n) is 5.96. The second-order valence-corrected chi connectivity index (χ2v) is 5.96. The van der Waals surface area contributed by atoms with Gasteiger partial charge in [-0.15, -0.1) is 10.2 Å². The highest BCUT2D eigenvalue weighted by atomic mass is 16.4. The number of carboxylic acid groups (broad SMARTS) is 1. The van der Waals surface area contributed by atoms with Crippen molar-refractivity contribution in [2.24, 2.45) is 5.92 Å². The van der Waals surface area contributed by atoms with Gasteiger partial charge in [0.2, 0.25) is 0 Å². The molecule has 1 aliphatic rings. The summed E-state index contributed by atoms with van der Waals surface area (Å²) in [5.41, 5.74) is 0.137. The van der Waals surface area contributed by atoms with Gasteiger partial charge in [0.25, 0.3) is 5.91 Å². The highest BCUT2D eigenvalue weighted by Crippen LogP contribution is 2.16. The fraction of sp³-hybridized carbons (Fsp3) is 0.600. The third kappa shape index (κ3) is 4.16. The lowest BCUT2D eigenvalue weighted by Crippen LogP contribution is -2.42. The number of carbonyl (C=O) groups is 2. The lowest BCUT2D eigenvalue weighted by atomic mass is 10.0. The minimum Gasteiger partial charge on any atom is -0.480 e. The number of aliphatic carboxylic acids is 1. The Morgan fingerprint density at radius 2 is 1.95 bits per heavy atom. The highest BCUT2D eigenvalue weighted by Gasteiger charge is 2.23. The van der Waals surface area contributed by atoms with Crippen LogP contribution in [-0.2, 0) is 4.79 Å². The maximum absolute atomic E-state index is 12.1. The van der Waals surface area contributed by atoms with Crippen LogP contribution in [0.1, 0.15) is 43.6 Å². The van der Waals surface area contributed by atoms with E-state index < -0.39 is 17.9 Å². The fourth-order valence-electron chi connectivity index (χ4n) is 2.49. The Balaban J connectivity index is 2.00. The van der Waals surface area contributed by atoms with Gasteiger partial charge in [0.15, 0.2) is 11.5 Å². The quantitative estimate of drug-likeness (QED) is 0.822. The van der Waals surface area contributed by atoms with Crippen LogP contribution in [0.25, 0.3) is 0 Å². The monoisotopic (exact) mass is 306 g/mol. The van der Waals surface area contributed by atoms with E-state index in [0.29, 0.717) is 6.42 Å². The van der Waals surface area contributed by atoms with E-state index in [4.69, 9.17) is 5.11 Å². The van der Waals surface area contributed by atoms with Crippen LogP contribution >= 0.6 is 0 Å². The maximum atomic E-state index is 12.1. The van der Waals surface area contributed by atoms with Gasteiger partial charge in [-0.05, 0) is 37.3 Å². The molecule has 1 aromatic rings. The molecule has 0 radical (unpaired) electrons. The summed E-state index contributed by atoms with van der Waals surface area (Å²) in [5.74, 6) is -0.617. The van der Waals surface area contributed by atoms with Crippen LogP contribution in [0.5, 0.6) is 0 Å². The number of carbonyl (C=O) groups excluding carboxylic acids is 1. The van der Waals surface area contributed by atoms with Crippen LogP contribution in [-0.4, -0.2) is 46.3 Å². The van der Waals surface area contributed by atoms with Crippen molar-refractivity contribution in [1.29, 1.82) is 0 Å². The Labute approximate surface area is 129 Å². The van der Waals surface area contributed by atoms with Gasteiger partial charge in [0.1, 0.15) is 6.04 Å². The standard InChI is InChI=1S/C15H22N4O3/c1-10(2)9-12(15(21)22)16-14(20)11-5-6-13(18-17-11)19-7-3-4-8-19/h5-6,10,12H,3-4,7-9H2,1-2H3,(H,16,20)(H,21,22). The summed E-state index contributed by atoms with van der Waals surface area (Å²) in [7, 11) is 0. The van der Waals surface area contributed by atoms with E-state index in [1.807, 2.05) is 13.8 Å². The second kappa shape index (κ2) is 7.20. The van der Waals surface area contributed by atoms with Crippen molar-refractivity contribution in [3.63, 3.8) is 0 Å². The Hall–Kier alpha value is -2.18. The number of aromatic nitrogens is 2.